The third-order valence-corrected chi connectivity index (χ3v) is 0.862. The van der Waals surface area contributed by atoms with Gasteiger partial charge in [-0.1, -0.05) is 0 Å². The van der Waals surface area contributed by atoms with Gasteiger partial charge in [-0.15, -0.1) is 0 Å². The molecule has 0 aliphatic heterocycles. The Morgan fingerprint density at radius 2 is 1.70 bits per heavy atom. The Balaban J connectivity index is 3.73. The smallest absolute Gasteiger partial charge is 0.368 e. The van der Waals surface area contributed by atoms with E-state index in [0.717, 1.165) is 13.8 Å². The van der Waals surface area contributed by atoms with Crippen LogP contribution in [-0.2, 0) is 4.74 Å². The van der Waals surface area contributed by atoms with Crippen molar-refractivity contribution in [3.63, 3.8) is 0 Å². The van der Waals surface area contributed by atoms with E-state index in [1.807, 2.05) is 0 Å². The summed E-state index contributed by atoms with van der Waals surface area (Å²) < 4.78 is 38.8. The van der Waals surface area contributed by atoms with Gasteiger partial charge in [0, 0.05) is 0 Å². The fourth-order valence-electron chi connectivity index (χ4n) is 0.373. The summed E-state index contributed by atoms with van der Waals surface area (Å²) in [7, 11) is 0. The molecule has 0 aromatic carbocycles. The molecule has 0 fully saturated rings. The predicted molar refractivity (Wildman–Crippen MR) is 28.3 cm³/mol. The lowest BCUT2D eigenvalue weighted by Crippen LogP contribution is -2.31. The highest BCUT2D eigenvalue weighted by atomic mass is 19.4. The minimum absolute atomic E-state index is 0.840. The SMILES string of the molecule is CC(O)OC(C)C(F)(F)F. The van der Waals surface area contributed by atoms with Crippen LogP contribution >= 0.6 is 0 Å². The van der Waals surface area contributed by atoms with Crippen molar-refractivity contribution in [2.45, 2.75) is 32.4 Å². The van der Waals surface area contributed by atoms with E-state index in [1.165, 1.54) is 0 Å². The third-order valence-electron chi connectivity index (χ3n) is 0.862. The normalized spacial score (nSPS) is 18.6. The molecule has 62 valence electrons. The summed E-state index contributed by atoms with van der Waals surface area (Å²) in [6, 6.07) is 0. The van der Waals surface area contributed by atoms with Gasteiger partial charge in [0.25, 0.3) is 0 Å². The zero-order valence-corrected chi connectivity index (χ0v) is 5.64. The van der Waals surface area contributed by atoms with E-state index in [0.29, 0.717) is 0 Å². The molecular formula is C5H9F3O2. The first-order valence-corrected chi connectivity index (χ1v) is 2.74. The molecule has 0 saturated heterocycles. The predicted octanol–water partition coefficient (Wildman–Crippen LogP) is 1.29. The van der Waals surface area contributed by atoms with Crippen LogP contribution in [0.1, 0.15) is 13.8 Å². The summed E-state index contributed by atoms with van der Waals surface area (Å²) in [6.45, 7) is 1.97. The van der Waals surface area contributed by atoms with Crippen LogP contribution in [0.2, 0.25) is 0 Å². The maximum Gasteiger partial charge on any atom is 0.414 e. The first kappa shape index (κ1) is 9.71. The second-order valence-electron chi connectivity index (χ2n) is 1.92. The summed E-state index contributed by atoms with van der Waals surface area (Å²) in [5.41, 5.74) is 0. The fraction of sp³-hybridized carbons (Fsp3) is 1.00. The molecule has 10 heavy (non-hydrogen) atoms. The van der Waals surface area contributed by atoms with E-state index in [2.05, 4.69) is 4.74 Å². The molecule has 0 aliphatic carbocycles. The van der Waals surface area contributed by atoms with Crippen molar-refractivity contribution in [3.8, 4) is 0 Å². The average Bonchev–Trinajstić information content (AvgIpc) is 1.60. The van der Waals surface area contributed by atoms with Gasteiger partial charge in [0.05, 0.1) is 0 Å². The molecule has 0 heterocycles. The highest BCUT2D eigenvalue weighted by Crippen LogP contribution is 2.22. The Morgan fingerprint density at radius 1 is 1.30 bits per heavy atom. The van der Waals surface area contributed by atoms with Gasteiger partial charge in [-0.25, -0.2) is 0 Å². The third kappa shape index (κ3) is 3.68. The number of aliphatic hydroxyl groups excluding tert-OH is 1. The highest BCUT2D eigenvalue weighted by molar-refractivity contribution is 4.60. The Labute approximate surface area is 56.6 Å². The average molecular weight is 158 g/mol. The fourth-order valence-corrected chi connectivity index (χ4v) is 0.373. The van der Waals surface area contributed by atoms with Gasteiger partial charge in [0.15, 0.2) is 12.4 Å². The van der Waals surface area contributed by atoms with Gasteiger partial charge < -0.3 is 9.84 Å². The van der Waals surface area contributed by atoms with E-state index in [1.54, 1.807) is 0 Å². The largest absolute Gasteiger partial charge is 0.414 e. The summed E-state index contributed by atoms with van der Waals surface area (Å²) in [6.07, 6.45) is -7.68. The molecule has 0 bridgehead atoms. The quantitative estimate of drug-likeness (QED) is 0.613. The second-order valence-corrected chi connectivity index (χ2v) is 1.92. The lowest BCUT2D eigenvalue weighted by Gasteiger charge is -2.17. The molecule has 0 saturated carbocycles. The number of hydrogen-bond donors (Lipinski definition) is 1. The Bertz CT molecular complexity index is 99.6. The number of hydrogen-bond acceptors (Lipinski definition) is 2. The number of ether oxygens (including phenoxy) is 1. The Kier molecular flexibility index (Phi) is 3.11. The molecule has 2 atom stereocenters. The van der Waals surface area contributed by atoms with E-state index >= 15 is 0 Å². The lowest BCUT2D eigenvalue weighted by molar-refractivity contribution is -0.252. The van der Waals surface area contributed by atoms with Crippen LogP contribution in [-0.4, -0.2) is 23.7 Å². The summed E-state index contributed by atoms with van der Waals surface area (Å²) >= 11 is 0. The topological polar surface area (TPSA) is 29.5 Å². The molecule has 0 aromatic rings. The molecule has 0 rings (SSSR count). The van der Waals surface area contributed by atoms with Gasteiger partial charge in [-0.05, 0) is 13.8 Å². The van der Waals surface area contributed by atoms with Crippen LogP contribution in [0.15, 0.2) is 0 Å². The summed E-state index contributed by atoms with van der Waals surface area (Å²) in [5, 5.41) is 8.36. The van der Waals surface area contributed by atoms with Crippen LogP contribution in [0.5, 0.6) is 0 Å². The number of halogens is 3. The molecule has 0 radical (unpaired) electrons. The lowest BCUT2D eigenvalue weighted by atomic mass is 10.4. The summed E-state index contributed by atoms with van der Waals surface area (Å²) in [4.78, 5) is 0. The molecule has 2 unspecified atom stereocenters. The van der Waals surface area contributed by atoms with Crippen LogP contribution in [0.3, 0.4) is 0 Å². The Morgan fingerprint density at radius 3 is 1.80 bits per heavy atom. The molecule has 0 aliphatic rings. The van der Waals surface area contributed by atoms with E-state index in [-0.39, 0.29) is 0 Å². The number of alkyl halides is 3. The van der Waals surface area contributed by atoms with Crippen LogP contribution < -0.4 is 0 Å². The van der Waals surface area contributed by atoms with E-state index in [4.69, 9.17) is 5.11 Å². The van der Waals surface area contributed by atoms with Gasteiger partial charge in [0.2, 0.25) is 0 Å². The van der Waals surface area contributed by atoms with Crippen LogP contribution in [0.25, 0.3) is 0 Å². The van der Waals surface area contributed by atoms with Crippen molar-refractivity contribution in [1.29, 1.82) is 0 Å². The molecule has 1 N–H and O–H groups in total. The van der Waals surface area contributed by atoms with Crippen molar-refractivity contribution in [3.05, 3.63) is 0 Å². The van der Waals surface area contributed by atoms with Crippen molar-refractivity contribution in [1.82, 2.24) is 0 Å². The van der Waals surface area contributed by atoms with Gasteiger partial charge in [0.1, 0.15) is 0 Å². The monoisotopic (exact) mass is 158 g/mol. The maximum atomic E-state index is 11.6. The van der Waals surface area contributed by atoms with Crippen LogP contribution in [0.4, 0.5) is 13.2 Å². The van der Waals surface area contributed by atoms with E-state index < -0.39 is 18.6 Å². The first-order chi connectivity index (χ1) is 4.34. The van der Waals surface area contributed by atoms with Gasteiger partial charge in [-0.2, -0.15) is 13.2 Å². The molecule has 2 nitrogen and oxygen atoms in total. The molecular weight excluding hydrogens is 149 g/mol. The second kappa shape index (κ2) is 3.21. The minimum Gasteiger partial charge on any atom is -0.368 e. The van der Waals surface area contributed by atoms with Crippen molar-refractivity contribution in [2.24, 2.45) is 0 Å². The summed E-state index contributed by atoms with van der Waals surface area (Å²) in [5.74, 6) is 0. The van der Waals surface area contributed by atoms with Crippen molar-refractivity contribution < 1.29 is 23.0 Å². The van der Waals surface area contributed by atoms with Crippen molar-refractivity contribution >= 4 is 0 Å². The van der Waals surface area contributed by atoms with E-state index in [9.17, 15) is 13.2 Å². The maximum absolute atomic E-state index is 11.6. The number of rotatable bonds is 2. The molecule has 0 spiro atoms. The zero-order chi connectivity index (χ0) is 8.36. The highest BCUT2D eigenvalue weighted by Gasteiger charge is 2.37. The molecule has 0 aromatic heterocycles. The Hall–Kier alpha value is -0.290. The van der Waals surface area contributed by atoms with Gasteiger partial charge >= 0.3 is 6.18 Å². The number of aliphatic hydroxyl groups is 1. The standard InChI is InChI=1S/C5H9F3O2/c1-3(5(6,7)8)10-4(2)9/h3-4,9H,1-2H3. The molecule has 0 amide bonds. The van der Waals surface area contributed by atoms with Gasteiger partial charge in [-0.3, -0.25) is 0 Å². The first-order valence-electron chi connectivity index (χ1n) is 2.74. The zero-order valence-electron chi connectivity index (χ0n) is 5.64. The van der Waals surface area contributed by atoms with Crippen molar-refractivity contribution in [2.75, 3.05) is 0 Å². The molecule has 5 heteroatoms. The minimum atomic E-state index is -4.39. The van der Waals surface area contributed by atoms with Crippen LogP contribution in [0, 0.1) is 0 Å².